The first-order chi connectivity index (χ1) is 13.6. The zero-order chi connectivity index (χ0) is 19.5. The van der Waals surface area contributed by atoms with Gasteiger partial charge in [0.1, 0.15) is 6.23 Å². The van der Waals surface area contributed by atoms with Gasteiger partial charge in [0, 0.05) is 37.6 Å². The quantitative estimate of drug-likeness (QED) is 0.634. The summed E-state index contributed by atoms with van der Waals surface area (Å²) in [6.07, 6.45) is 0.0187. The molecule has 1 aromatic heterocycles. The van der Waals surface area contributed by atoms with Gasteiger partial charge in [0.15, 0.2) is 0 Å². The Bertz CT molecular complexity index is 926. The smallest absolute Gasteiger partial charge is 0.276 e. The monoisotopic (exact) mass is 396 g/mol. The van der Waals surface area contributed by atoms with Gasteiger partial charge in [-0.25, -0.2) is 0 Å². The molecule has 2 atom stereocenters. The van der Waals surface area contributed by atoms with Crippen molar-refractivity contribution in [1.29, 1.82) is 0 Å². The van der Waals surface area contributed by atoms with Gasteiger partial charge in [0.25, 0.3) is 5.22 Å². The number of aryl methyl sites for hydroxylation is 1. The van der Waals surface area contributed by atoms with Gasteiger partial charge in [-0.15, -0.1) is 10.2 Å². The van der Waals surface area contributed by atoms with E-state index in [9.17, 15) is 0 Å². The first-order valence-corrected chi connectivity index (χ1v) is 10.3. The lowest BCUT2D eigenvalue weighted by atomic mass is 10.1. The molecule has 2 aromatic carbocycles. The van der Waals surface area contributed by atoms with Crippen LogP contribution in [0.3, 0.4) is 0 Å². The van der Waals surface area contributed by atoms with E-state index in [-0.39, 0.29) is 12.3 Å². The van der Waals surface area contributed by atoms with E-state index in [1.165, 1.54) is 23.0 Å². The van der Waals surface area contributed by atoms with Crippen molar-refractivity contribution in [2.45, 2.75) is 24.5 Å². The number of hydrogen-bond acceptors (Lipinski definition) is 7. The molecule has 2 heterocycles. The van der Waals surface area contributed by atoms with Crippen LogP contribution < -0.4 is 10.2 Å². The van der Waals surface area contributed by atoms with E-state index in [1.54, 1.807) is 0 Å². The molecule has 6 nitrogen and oxygen atoms in total. The predicted molar refractivity (Wildman–Crippen MR) is 112 cm³/mol. The number of nitrogens with zero attached hydrogens (tertiary/aromatic N) is 3. The second-order valence-electron chi connectivity index (χ2n) is 7.09. The normalized spacial score (nSPS) is 19.1. The Morgan fingerprint density at radius 2 is 1.96 bits per heavy atom. The Morgan fingerprint density at radius 3 is 2.71 bits per heavy atom. The number of thioether (sulfide) groups is 1. The second kappa shape index (κ2) is 8.34. The first kappa shape index (κ1) is 19.0. The largest absolute Gasteiger partial charge is 0.411 e. The van der Waals surface area contributed by atoms with Gasteiger partial charge in [-0.1, -0.05) is 41.6 Å². The lowest BCUT2D eigenvalue weighted by molar-refractivity contribution is 0.0534. The van der Waals surface area contributed by atoms with Crippen LogP contribution in [0.25, 0.3) is 11.5 Å². The van der Waals surface area contributed by atoms with Crippen LogP contribution in [-0.2, 0) is 4.74 Å². The van der Waals surface area contributed by atoms with Gasteiger partial charge >= 0.3 is 0 Å². The molecule has 1 aliphatic rings. The number of nitrogens with one attached hydrogen (secondary N) is 1. The van der Waals surface area contributed by atoms with E-state index in [1.807, 2.05) is 45.3 Å². The number of ether oxygens (including phenoxy) is 1. The van der Waals surface area contributed by atoms with Crippen LogP contribution in [0.5, 0.6) is 0 Å². The molecule has 7 heteroatoms. The van der Waals surface area contributed by atoms with E-state index < -0.39 is 0 Å². The summed E-state index contributed by atoms with van der Waals surface area (Å²) >= 11 is 1.53. The van der Waals surface area contributed by atoms with Gasteiger partial charge in [-0.05, 0) is 36.8 Å². The molecule has 0 bridgehead atoms. The van der Waals surface area contributed by atoms with E-state index in [0.717, 1.165) is 23.4 Å². The number of hydrogen-bond donors (Lipinski definition) is 1. The highest BCUT2D eigenvalue weighted by atomic mass is 32.2. The molecule has 0 saturated carbocycles. The fraction of sp³-hybridized carbons (Fsp3) is 0.333. The zero-order valence-corrected chi connectivity index (χ0v) is 17.1. The summed E-state index contributed by atoms with van der Waals surface area (Å²) in [6, 6.07) is 16.5. The van der Waals surface area contributed by atoms with Crippen molar-refractivity contribution in [1.82, 2.24) is 15.5 Å². The van der Waals surface area contributed by atoms with Crippen LogP contribution in [-0.4, -0.2) is 42.7 Å². The van der Waals surface area contributed by atoms with E-state index in [2.05, 4.69) is 44.7 Å². The fourth-order valence-electron chi connectivity index (χ4n) is 3.10. The first-order valence-electron chi connectivity index (χ1n) is 9.28. The predicted octanol–water partition coefficient (Wildman–Crippen LogP) is 3.89. The van der Waals surface area contributed by atoms with Crippen LogP contribution in [0.4, 0.5) is 5.69 Å². The molecule has 0 radical (unpaired) electrons. The zero-order valence-electron chi connectivity index (χ0n) is 16.3. The molecule has 0 aliphatic carbocycles. The summed E-state index contributed by atoms with van der Waals surface area (Å²) in [5, 5.41) is 12.3. The van der Waals surface area contributed by atoms with Crippen molar-refractivity contribution in [3.05, 3.63) is 59.7 Å². The van der Waals surface area contributed by atoms with Gasteiger partial charge < -0.3 is 14.1 Å². The van der Waals surface area contributed by atoms with Gasteiger partial charge in [0.2, 0.25) is 5.89 Å². The van der Waals surface area contributed by atoms with E-state index in [4.69, 9.17) is 9.15 Å². The lowest BCUT2D eigenvalue weighted by Gasteiger charge is -2.16. The van der Waals surface area contributed by atoms with Gasteiger partial charge in [-0.2, -0.15) is 0 Å². The maximum atomic E-state index is 6.14. The molecule has 146 valence electrons. The third-order valence-electron chi connectivity index (χ3n) is 4.64. The molecule has 0 unspecified atom stereocenters. The summed E-state index contributed by atoms with van der Waals surface area (Å²) < 4.78 is 11.9. The summed E-state index contributed by atoms with van der Waals surface area (Å²) in [6.45, 7) is 2.84. The second-order valence-corrected chi connectivity index (χ2v) is 8.06. The summed E-state index contributed by atoms with van der Waals surface area (Å²) in [4.78, 5) is 2.08. The van der Waals surface area contributed by atoms with Crippen molar-refractivity contribution in [3.8, 4) is 11.5 Å². The molecule has 0 amide bonds. The molecule has 28 heavy (non-hydrogen) atoms. The minimum atomic E-state index is -0.0765. The third-order valence-corrected chi connectivity index (χ3v) is 5.59. The molecular weight excluding hydrogens is 372 g/mol. The highest BCUT2D eigenvalue weighted by Gasteiger charge is 2.26. The minimum absolute atomic E-state index is 0.0765. The lowest BCUT2D eigenvalue weighted by Crippen LogP contribution is -2.16. The molecule has 3 aromatic rings. The average Bonchev–Trinajstić information content (AvgIpc) is 3.36. The van der Waals surface area contributed by atoms with E-state index >= 15 is 0 Å². The highest BCUT2D eigenvalue weighted by Crippen LogP contribution is 2.28. The van der Waals surface area contributed by atoms with Crippen molar-refractivity contribution < 1.29 is 9.15 Å². The Morgan fingerprint density at radius 1 is 1.14 bits per heavy atom. The van der Waals surface area contributed by atoms with Crippen LogP contribution in [0, 0.1) is 6.92 Å². The van der Waals surface area contributed by atoms with Crippen LogP contribution in [0.2, 0.25) is 0 Å². The Labute approximate surface area is 169 Å². The Hall–Kier alpha value is -2.35. The Balaban J connectivity index is 1.31. The number of aromatic nitrogens is 2. The molecule has 1 N–H and O–H groups in total. The summed E-state index contributed by atoms with van der Waals surface area (Å²) in [7, 11) is 4.07. The molecule has 4 rings (SSSR count). The SMILES string of the molecule is Cc1cccc(-c2nnc(SC[C@@H]3CN[C@H](c4ccc(N(C)C)cc4)O3)o2)c1. The standard InChI is InChI=1S/C21H24N4O2S/c1-14-5-4-6-16(11-14)20-23-24-21(27-20)28-13-18-12-22-19(26-18)15-7-9-17(10-8-15)25(2)3/h4-11,18-19,22H,12-13H2,1-3H3/t18-,19-/m0/s1. The van der Waals surface area contributed by atoms with Crippen molar-refractivity contribution in [3.63, 3.8) is 0 Å². The van der Waals surface area contributed by atoms with E-state index in [0.29, 0.717) is 11.1 Å². The molecule has 0 spiro atoms. The van der Waals surface area contributed by atoms with Crippen molar-refractivity contribution in [2.75, 3.05) is 31.3 Å². The summed E-state index contributed by atoms with van der Waals surface area (Å²) in [5.74, 6) is 1.31. The number of benzene rings is 2. The van der Waals surface area contributed by atoms with Crippen molar-refractivity contribution in [2.24, 2.45) is 0 Å². The maximum absolute atomic E-state index is 6.14. The van der Waals surface area contributed by atoms with Crippen LogP contribution in [0.1, 0.15) is 17.4 Å². The maximum Gasteiger partial charge on any atom is 0.276 e. The number of rotatable bonds is 6. The molecule has 1 aliphatic heterocycles. The van der Waals surface area contributed by atoms with Gasteiger partial charge in [-0.3, -0.25) is 5.32 Å². The topological polar surface area (TPSA) is 63.4 Å². The van der Waals surface area contributed by atoms with Crippen molar-refractivity contribution >= 4 is 17.4 Å². The summed E-state index contributed by atoms with van der Waals surface area (Å²) in [5.41, 5.74) is 4.42. The molecule has 1 saturated heterocycles. The number of anilines is 1. The molecular formula is C21H24N4O2S. The highest BCUT2D eigenvalue weighted by molar-refractivity contribution is 7.99. The van der Waals surface area contributed by atoms with Crippen LogP contribution in [0.15, 0.2) is 58.2 Å². The minimum Gasteiger partial charge on any atom is -0.411 e. The third kappa shape index (κ3) is 4.38. The van der Waals surface area contributed by atoms with Crippen LogP contribution >= 0.6 is 11.8 Å². The van der Waals surface area contributed by atoms with Gasteiger partial charge in [0.05, 0.1) is 6.10 Å². The molecule has 1 fully saturated rings. The average molecular weight is 397 g/mol. The Kier molecular flexibility index (Phi) is 5.66. The fourth-order valence-corrected chi connectivity index (χ4v) is 3.86.